The van der Waals surface area contributed by atoms with E-state index in [1.54, 1.807) is 12.1 Å². The fourth-order valence-corrected chi connectivity index (χ4v) is 1.86. The number of benzene rings is 2. The zero-order valence-electron chi connectivity index (χ0n) is 10.9. The molecule has 0 aromatic heterocycles. The third-order valence-electron chi connectivity index (χ3n) is 2.88. The molecule has 3 heteroatoms. The van der Waals surface area contributed by atoms with Crippen LogP contribution in [0, 0.1) is 13.8 Å². The summed E-state index contributed by atoms with van der Waals surface area (Å²) in [6, 6.07) is 12.8. The van der Waals surface area contributed by atoms with Gasteiger partial charge in [0, 0.05) is 10.6 Å². The van der Waals surface area contributed by atoms with Crippen LogP contribution >= 0.6 is 11.6 Å². The molecule has 0 aliphatic heterocycles. The van der Waals surface area contributed by atoms with E-state index in [2.05, 4.69) is 0 Å². The zero-order chi connectivity index (χ0) is 13.8. The topological polar surface area (TPSA) is 26.3 Å². The lowest BCUT2D eigenvalue weighted by molar-refractivity contribution is 0.0921. The number of carbonyl (C=O) groups excluding carboxylic acids is 1. The lowest BCUT2D eigenvalue weighted by Crippen LogP contribution is -2.12. The van der Waals surface area contributed by atoms with Crippen LogP contribution in [0.2, 0.25) is 5.02 Å². The Balaban J connectivity index is 2.04. The molecule has 2 aromatic carbocycles. The highest BCUT2D eigenvalue weighted by Crippen LogP contribution is 2.22. The summed E-state index contributed by atoms with van der Waals surface area (Å²) >= 11 is 5.90. The summed E-state index contributed by atoms with van der Waals surface area (Å²) in [6.45, 7) is 3.92. The smallest absolute Gasteiger partial charge is 0.200 e. The summed E-state index contributed by atoms with van der Waals surface area (Å²) < 4.78 is 5.53. The van der Waals surface area contributed by atoms with E-state index >= 15 is 0 Å². The van der Waals surface area contributed by atoms with Crippen LogP contribution in [0.15, 0.2) is 42.5 Å². The number of halogens is 1. The lowest BCUT2D eigenvalue weighted by Gasteiger charge is -2.09. The van der Waals surface area contributed by atoms with Gasteiger partial charge in [-0.05, 0) is 31.5 Å². The van der Waals surface area contributed by atoms with Crippen molar-refractivity contribution >= 4 is 17.4 Å². The third kappa shape index (κ3) is 3.58. The molecule has 0 fully saturated rings. The van der Waals surface area contributed by atoms with Crippen LogP contribution in [-0.2, 0) is 0 Å². The quantitative estimate of drug-likeness (QED) is 0.781. The Morgan fingerprint density at radius 1 is 1.11 bits per heavy atom. The van der Waals surface area contributed by atoms with Gasteiger partial charge >= 0.3 is 0 Å². The second-order valence-electron chi connectivity index (χ2n) is 4.49. The minimum Gasteiger partial charge on any atom is -0.485 e. The number of carbonyl (C=O) groups is 1. The van der Waals surface area contributed by atoms with Gasteiger partial charge in [0.2, 0.25) is 0 Å². The van der Waals surface area contributed by atoms with Gasteiger partial charge in [-0.3, -0.25) is 4.79 Å². The molecule has 0 unspecified atom stereocenters. The molecule has 98 valence electrons. The monoisotopic (exact) mass is 274 g/mol. The van der Waals surface area contributed by atoms with Gasteiger partial charge < -0.3 is 4.74 Å². The van der Waals surface area contributed by atoms with E-state index in [9.17, 15) is 4.79 Å². The highest BCUT2D eigenvalue weighted by atomic mass is 35.5. The Bertz CT molecular complexity index is 588. The largest absolute Gasteiger partial charge is 0.485 e. The predicted molar refractivity (Wildman–Crippen MR) is 77.2 cm³/mol. The Hall–Kier alpha value is -1.80. The molecule has 0 spiro atoms. The molecule has 0 saturated carbocycles. The van der Waals surface area contributed by atoms with E-state index in [-0.39, 0.29) is 12.4 Å². The SMILES string of the molecule is Cc1ccc(C(=O)COc2cc(Cl)ccc2C)cc1. The normalized spacial score (nSPS) is 10.3. The zero-order valence-corrected chi connectivity index (χ0v) is 11.7. The average Bonchev–Trinajstić information content (AvgIpc) is 2.40. The van der Waals surface area contributed by atoms with Crippen molar-refractivity contribution < 1.29 is 9.53 Å². The third-order valence-corrected chi connectivity index (χ3v) is 3.12. The fraction of sp³-hybridized carbons (Fsp3) is 0.188. The first-order valence-corrected chi connectivity index (χ1v) is 6.43. The maximum Gasteiger partial charge on any atom is 0.200 e. The fourth-order valence-electron chi connectivity index (χ4n) is 1.70. The highest BCUT2D eigenvalue weighted by molar-refractivity contribution is 6.30. The standard InChI is InChI=1S/C16H15ClO2/c1-11-3-6-13(7-4-11)15(18)10-19-16-9-14(17)8-5-12(16)2/h3-9H,10H2,1-2H3. The molecule has 0 atom stereocenters. The van der Waals surface area contributed by atoms with Crippen molar-refractivity contribution in [1.82, 2.24) is 0 Å². The summed E-state index contributed by atoms with van der Waals surface area (Å²) in [5, 5.41) is 0.600. The first-order chi connectivity index (χ1) is 9.06. The number of rotatable bonds is 4. The van der Waals surface area contributed by atoms with Crippen molar-refractivity contribution in [2.24, 2.45) is 0 Å². The van der Waals surface area contributed by atoms with Crippen molar-refractivity contribution in [2.45, 2.75) is 13.8 Å². The second kappa shape index (κ2) is 5.89. The minimum absolute atomic E-state index is 0.0181. The van der Waals surface area contributed by atoms with E-state index in [0.717, 1.165) is 11.1 Å². The van der Waals surface area contributed by atoms with E-state index in [1.807, 2.05) is 44.2 Å². The molecule has 2 aromatic rings. The van der Waals surface area contributed by atoms with Crippen molar-refractivity contribution in [2.75, 3.05) is 6.61 Å². The summed E-state index contributed by atoms with van der Waals surface area (Å²) in [7, 11) is 0. The van der Waals surface area contributed by atoms with Crippen molar-refractivity contribution in [3.63, 3.8) is 0 Å². The van der Waals surface area contributed by atoms with Crippen molar-refractivity contribution in [3.8, 4) is 5.75 Å². The Morgan fingerprint density at radius 3 is 2.47 bits per heavy atom. The molecule has 0 radical (unpaired) electrons. The predicted octanol–water partition coefficient (Wildman–Crippen LogP) is 4.22. The average molecular weight is 275 g/mol. The lowest BCUT2D eigenvalue weighted by atomic mass is 10.1. The summed E-state index contributed by atoms with van der Waals surface area (Å²) in [4.78, 5) is 12.0. The Labute approximate surface area is 118 Å². The summed E-state index contributed by atoms with van der Waals surface area (Å²) in [5.41, 5.74) is 2.74. The van der Waals surface area contributed by atoms with Gasteiger partial charge in [-0.1, -0.05) is 47.5 Å². The maximum atomic E-state index is 12.0. The summed E-state index contributed by atoms with van der Waals surface area (Å²) in [5.74, 6) is 0.604. The minimum atomic E-state index is -0.0422. The number of hydrogen-bond donors (Lipinski definition) is 0. The van der Waals surface area contributed by atoms with Gasteiger partial charge in [0.05, 0.1) is 0 Å². The van der Waals surface area contributed by atoms with Gasteiger partial charge in [-0.2, -0.15) is 0 Å². The van der Waals surface area contributed by atoms with Crippen LogP contribution in [-0.4, -0.2) is 12.4 Å². The highest BCUT2D eigenvalue weighted by Gasteiger charge is 2.08. The molecule has 0 bridgehead atoms. The van der Waals surface area contributed by atoms with Crippen LogP contribution < -0.4 is 4.74 Å². The van der Waals surface area contributed by atoms with Crippen LogP contribution in [0.4, 0.5) is 0 Å². The molecule has 0 N–H and O–H groups in total. The van der Waals surface area contributed by atoms with Crippen LogP contribution in [0.1, 0.15) is 21.5 Å². The van der Waals surface area contributed by atoms with Crippen molar-refractivity contribution in [1.29, 1.82) is 0 Å². The molecule has 2 nitrogen and oxygen atoms in total. The molecule has 0 heterocycles. The number of hydrogen-bond acceptors (Lipinski definition) is 2. The molecule has 0 aliphatic carbocycles. The van der Waals surface area contributed by atoms with E-state index < -0.39 is 0 Å². The van der Waals surface area contributed by atoms with Crippen LogP contribution in [0.25, 0.3) is 0 Å². The maximum absolute atomic E-state index is 12.0. The van der Waals surface area contributed by atoms with Crippen LogP contribution in [0.3, 0.4) is 0 Å². The van der Waals surface area contributed by atoms with E-state index in [4.69, 9.17) is 16.3 Å². The summed E-state index contributed by atoms with van der Waals surface area (Å²) in [6.07, 6.45) is 0. The molecular weight excluding hydrogens is 260 g/mol. The van der Waals surface area contributed by atoms with E-state index in [0.29, 0.717) is 16.3 Å². The number of ether oxygens (including phenoxy) is 1. The van der Waals surface area contributed by atoms with Gasteiger partial charge in [0.15, 0.2) is 12.4 Å². The van der Waals surface area contributed by atoms with Crippen molar-refractivity contribution in [3.05, 3.63) is 64.2 Å². The van der Waals surface area contributed by atoms with Crippen LogP contribution in [0.5, 0.6) is 5.75 Å². The molecule has 0 saturated heterocycles. The Morgan fingerprint density at radius 2 is 1.79 bits per heavy atom. The van der Waals surface area contributed by atoms with Gasteiger partial charge in [0.1, 0.15) is 5.75 Å². The Kier molecular flexibility index (Phi) is 4.23. The molecule has 0 aliphatic rings. The van der Waals surface area contributed by atoms with Gasteiger partial charge in [-0.25, -0.2) is 0 Å². The molecule has 0 amide bonds. The molecule has 19 heavy (non-hydrogen) atoms. The second-order valence-corrected chi connectivity index (χ2v) is 4.92. The van der Waals surface area contributed by atoms with Gasteiger partial charge in [0.25, 0.3) is 0 Å². The number of Topliss-reactive ketones (excluding diaryl/α,β-unsaturated/α-hetero) is 1. The first kappa shape index (κ1) is 13.6. The van der Waals surface area contributed by atoms with E-state index in [1.165, 1.54) is 0 Å². The first-order valence-electron chi connectivity index (χ1n) is 6.05. The number of aryl methyl sites for hydroxylation is 2. The van der Waals surface area contributed by atoms with Gasteiger partial charge in [-0.15, -0.1) is 0 Å². The number of ketones is 1. The molecule has 2 rings (SSSR count). The molecular formula is C16H15ClO2.